The molecule has 1 aliphatic carbocycles. The third kappa shape index (κ3) is 6.22. The van der Waals surface area contributed by atoms with Crippen molar-refractivity contribution in [1.29, 1.82) is 5.26 Å². The van der Waals surface area contributed by atoms with E-state index in [0.29, 0.717) is 17.4 Å². The summed E-state index contributed by atoms with van der Waals surface area (Å²) >= 11 is 1.95. The summed E-state index contributed by atoms with van der Waals surface area (Å²) in [5.41, 5.74) is 15.7. The fourth-order valence-corrected chi connectivity index (χ4v) is 8.83. The summed E-state index contributed by atoms with van der Waals surface area (Å²) in [6, 6.07) is 55.0. The van der Waals surface area contributed by atoms with Gasteiger partial charge in [0.25, 0.3) is 0 Å². The normalized spacial score (nSPS) is 18.8. The molecule has 6 aromatic rings. The summed E-state index contributed by atoms with van der Waals surface area (Å²) in [5, 5.41) is 16.0. The van der Waals surface area contributed by atoms with Crippen molar-refractivity contribution in [2.45, 2.75) is 28.8 Å². The summed E-state index contributed by atoms with van der Waals surface area (Å²) in [4.78, 5) is 6.43. The molecule has 0 fully saturated rings. The first kappa shape index (κ1) is 31.8. The van der Waals surface area contributed by atoms with Gasteiger partial charge < -0.3 is 10.7 Å². The summed E-state index contributed by atoms with van der Waals surface area (Å²) in [6.45, 7) is 0.676. The van der Waals surface area contributed by atoms with Gasteiger partial charge in [-0.15, -0.1) is 11.8 Å². The Balaban J connectivity index is 0.983. The van der Waals surface area contributed by atoms with Gasteiger partial charge in [0.2, 0.25) is 0 Å². The molecule has 2 N–H and O–H groups in total. The minimum atomic E-state index is -0.137. The Morgan fingerprint density at radius 3 is 2.33 bits per heavy atom. The van der Waals surface area contributed by atoms with E-state index >= 15 is 0 Å². The molecule has 0 saturated carbocycles. The topological polar surface area (TPSA) is 63.5 Å². The van der Waals surface area contributed by atoms with E-state index in [1.165, 1.54) is 27.2 Å². The molecule has 6 aromatic carbocycles. The summed E-state index contributed by atoms with van der Waals surface area (Å²) in [6.07, 6.45) is 6.67. The molecule has 0 bridgehead atoms. The number of rotatable bonds is 8. The Bertz CT molecular complexity index is 2390. The van der Waals surface area contributed by atoms with Gasteiger partial charge >= 0.3 is 0 Å². The highest BCUT2D eigenvalue weighted by atomic mass is 32.2. The number of hydrazine groups is 1. The standard InChI is InChI=1S/C46H35N5S/c47-29-32-11-9-16-35(27-32)41-28-36(38-18-10-19-40-39-17-7-8-20-43(39)52-44(38)40)23-26-42(41)48-37-24-21-31(22-25-37)30-51-46(34-14-5-2-6-15-34)49-45(50-51)33-12-3-1-4-13-33/h1-28,38,44,46,48H,30H2,(H,49,50). The fraction of sp³-hybridized carbons (Fsp3) is 0.0870. The number of amidine groups is 1. The van der Waals surface area contributed by atoms with Crippen molar-refractivity contribution in [2.24, 2.45) is 4.99 Å². The number of nitrogens with zero attached hydrogens (tertiary/aromatic N) is 3. The molecule has 5 nitrogen and oxygen atoms in total. The van der Waals surface area contributed by atoms with Crippen molar-refractivity contribution in [3.05, 3.63) is 203 Å². The van der Waals surface area contributed by atoms with Crippen LogP contribution in [0.5, 0.6) is 0 Å². The Hall–Kier alpha value is -6.13. The molecule has 3 aliphatic rings. The number of hydrogen-bond acceptors (Lipinski definition) is 6. The van der Waals surface area contributed by atoms with Crippen molar-refractivity contribution in [1.82, 2.24) is 10.4 Å². The molecule has 3 unspecified atom stereocenters. The van der Waals surface area contributed by atoms with Crippen LogP contribution in [0.2, 0.25) is 0 Å². The Morgan fingerprint density at radius 2 is 1.50 bits per heavy atom. The Labute approximate surface area is 308 Å². The summed E-state index contributed by atoms with van der Waals surface area (Å²) in [5.74, 6) is 1.10. The largest absolute Gasteiger partial charge is 0.355 e. The van der Waals surface area contributed by atoms with Crippen LogP contribution in [0.15, 0.2) is 180 Å². The number of allylic oxidation sites excluding steroid dienone is 3. The van der Waals surface area contributed by atoms with Crippen LogP contribution in [0.3, 0.4) is 0 Å². The molecule has 9 rings (SSSR count). The van der Waals surface area contributed by atoms with E-state index < -0.39 is 0 Å². The third-order valence-corrected chi connectivity index (χ3v) is 11.3. The first-order valence-electron chi connectivity index (χ1n) is 17.6. The Morgan fingerprint density at radius 1 is 0.731 bits per heavy atom. The average Bonchev–Trinajstić information content (AvgIpc) is 3.81. The molecule has 0 spiro atoms. The van der Waals surface area contributed by atoms with E-state index in [2.05, 4.69) is 149 Å². The maximum Gasteiger partial charge on any atom is 0.147 e. The number of thioether (sulfide) groups is 1. The maximum atomic E-state index is 9.74. The molecule has 6 heteroatoms. The first-order valence-corrected chi connectivity index (χ1v) is 18.4. The SMILES string of the molecule is N#Cc1cccc(-c2cc(C3C=CC=C4c5ccccc5SC43)ccc2Nc2ccc(CN3NC(c4ccccc4)=NC3c3ccccc3)cc2)c1. The highest BCUT2D eigenvalue weighted by molar-refractivity contribution is 8.01. The van der Waals surface area contributed by atoms with E-state index in [9.17, 15) is 5.26 Å². The van der Waals surface area contributed by atoms with Gasteiger partial charge in [-0.05, 0) is 75.9 Å². The van der Waals surface area contributed by atoms with E-state index in [1.807, 2.05) is 54.2 Å². The molecule has 52 heavy (non-hydrogen) atoms. The molecule has 3 atom stereocenters. The quantitative estimate of drug-likeness (QED) is 0.167. The zero-order valence-electron chi connectivity index (χ0n) is 28.4. The molecular weight excluding hydrogens is 655 g/mol. The predicted molar refractivity (Wildman–Crippen MR) is 213 cm³/mol. The van der Waals surface area contributed by atoms with Crippen molar-refractivity contribution in [2.75, 3.05) is 5.32 Å². The highest BCUT2D eigenvalue weighted by Gasteiger charge is 2.35. The van der Waals surface area contributed by atoms with Crippen LogP contribution in [-0.2, 0) is 6.54 Å². The lowest BCUT2D eigenvalue weighted by Crippen LogP contribution is -2.37. The monoisotopic (exact) mass is 689 g/mol. The van der Waals surface area contributed by atoms with Crippen LogP contribution >= 0.6 is 11.8 Å². The second-order valence-electron chi connectivity index (χ2n) is 13.3. The van der Waals surface area contributed by atoms with Crippen LogP contribution in [0.25, 0.3) is 16.7 Å². The zero-order chi connectivity index (χ0) is 34.9. The molecule has 2 heterocycles. The van der Waals surface area contributed by atoms with Crippen molar-refractivity contribution < 1.29 is 0 Å². The van der Waals surface area contributed by atoms with Gasteiger partial charge in [0.05, 0.1) is 11.6 Å². The summed E-state index contributed by atoms with van der Waals surface area (Å²) in [7, 11) is 0. The number of nitriles is 1. The molecule has 2 aliphatic heterocycles. The van der Waals surface area contributed by atoms with E-state index in [0.717, 1.165) is 39.5 Å². The van der Waals surface area contributed by atoms with Crippen molar-refractivity contribution >= 4 is 34.5 Å². The number of nitrogens with one attached hydrogen (secondary N) is 2. The van der Waals surface area contributed by atoms with Crippen LogP contribution in [0, 0.1) is 11.3 Å². The van der Waals surface area contributed by atoms with Crippen LogP contribution in [0.4, 0.5) is 11.4 Å². The van der Waals surface area contributed by atoms with Gasteiger partial charge in [-0.3, -0.25) is 0 Å². The number of hydrogen-bond donors (Lipinski definition) is 2. The predicted octanol–water partition coefficient (Wildman–Crippen LogP) is 10.6. The lowest BCUT2D eigenvalue weighted by molar-refractivity contribution is 0.181. The van der Waals surface area contributed by atoms with E-state index in [-0.39, 0.29) is 12.1 Å². The number of fused-ring (bicyclic) bond motifs is 3. The third-order valence-electron chi connectivity index (χ3n) is 9.94. The lowest BCUT2D eigenvalue weighted by atomic mass is 9.84. The average molecular weight is 690 g/mol. The van der Waals surface area contributed by atoms with Gasteiger partial charge in [0.1, 0.15) is 12.0 Å². The minimum absolute atomic E-state index is 0.137. The number of anilines is 2. The smallest absolute Gasteiger partial charge is 0.147 e. The number of aliphatic imine (C=N–C) groups is 1. The van der Waals surface area contributed by atoms with Crippen molar-refractivity contribution in [3.8, 4) is 17.2 Å². The Kier molecular flexibility index (Phi) is 8.50. The van der Waals surface area contributed by atoms with Gasteiger partial charge in [-0.25, -0.2) is 4.99 Å². The zero-order valence-corrected chi connectivity index (χ0v) is 29.2. The van der Waals surface area contributed by atoms with Crippen LogP contribution in [0.1, 0.15) is 45.5 Å². The molecule has 250 valence electrons. The van der Waals surface area contributed by atoms with Crippen molar-refractivity contribution in [3.63, 3.8) is 0 Å². The molecule has 0 saturated heterocycles. The molecule has 0 radical (unpaired) electrons. The lowest BCUT2D eigenvalue weighted by Gasteiger charge is -2.26. The number of benzene rings is 6. The van der Waals surface area contributed by atoms with E-state index in [4.69, 9.17) is 4.99 Å². The van der Waals surface area contributed by atoms with Gasteiger partial charge in [-0.1, -0.05) is 127 Å². The van der Waals surface area contributed by atoms with Crippen LogP contribution < -0.4 is 10.7 Å². The molecular formula is C46H35N5S. The first-order chi connectivity index (χ1) is 25.7. The fourth-order valence-electron chi connectivity index (χ4n) is 7.36. The second kappa shape index (κ2) is 13.9. The van der Waals surface area contributed by atoms with Gasteiger partial charge in [0.15, 0.2) is 0 Å². The molecule has 0 aromatic heterocycles. The van der Waals surface area contributed by atoms with E-state index in [1.54, 1.807) is 0 Å². The second-order valence-corrected chi connectivity index (χ2v) is 14.4. The molecule has 0 amide bonds. The minimum Gasteiger partial charge on any atom is -0.355 e. The van der Waals surface area contributed by atoms with Crippen LogP contribution in [-0.4, -0.2) is 16.1 Å². The van der Waals surface area contributed by atoms with Gasteiger partial charge in [0, 0.05) is 45.1 Å². The highest BCUT2D eigenvalue weighted by Crippen LogP contribution is 2.52. The maximum absolute atomic E-state index is 9.74. The summed E-state index contributed by atoms with van der Waals surface area (Å²) < 4.78 is 0. The van der Waals surface area contributed by atoms with Gasteiger partial charge in [-0.2, -0.15) is 10.3 Å².